The zero-order valence-corrected chi connectivity index (χ0v) is 17.9. The summed E-state index contributed by atoms with van der Waals surface area (Å²) in [4.78, 5) is 24.3. The fraction of sp³-hybridized carbons (Fsp3) is 0.286. The average molecular weight is 434 g/mol. The predicted molar refractivity (Wildman–Crippen MR) is 114 cm³/mol. The minimum absolute atomic E-state index is 0.185. The summed E-state index contributed by atoms with van der Waals surface area (Å²) < 4.78 is 7.09. The van der Waals surface area contributed by atoms with Crippen molar-refractivity contribution in [3.8, 4) is 6.07 Å². The molecule has 0 aliphatic rings. The Hall–Kier alpha value is -2.75. The van der Waals surface area contributed by atoms with Gasteiger partial charge >= 0.3 is 5.97 Å². The highest BCUT2D eigenvalue weighted by Gasteiger charge is 2.16. The number of esters is 1. The Balaban J connectivity index is 2.06. The minimum atomic E-state index is -0.875. The van der Waals surface area contributed by atoms with E-state index in [1.165, 1.54) is 18.2 Å². The smallest absolute Gasteiger partial charge is 0.349 e. The number of nitriles is 1. The Morgan fingerprint density at radius 3 is 2.66 bits per heavy atom. The van der Waals surface area contributed by atoms with Crippen molar-refractivity contribution >= 4 is 46.8 Å². The molecule has 6 nitrogen and oxygen atoms in total. The number of nitrogens with one attached hydrogen (secondary N) is 1. The van der Waals surface area contributed by atoms with Gasteiger partial charge in [-0.2, -0.15) is 5.26 Å². The molecule has 1 aromatic heterocycles. The van der Waals surface area contributed by atoms with Crippen molar-refractivity contribution in [3.63, 3.8) is 0 Å². The van der Waals surface area contributed by atoms with E-state index in [2.05, 4.69) is 16.8 Å². The maximum atomic E-state index is 12.2. The van der Waals surface area contributed by atoms with E-state index in [-0.39, 0.29) is 5.57 Å². The molecular formula is C21H21Cl2N3O3. The van der Waals surface area contributed by atoms with E-state index in [9.17, 15) is 14.9 Å². The predicted octanol–water partition coefficient (Wildman–Crippen LogP) is 4.91. The van der Waals surface area contributed by atoms with Gasteiger partial charge in [-0.05, 0) is 56.2 Å². The molecule has 0 bridgehead atoms. The van der Waals surface area contributed by atoms with Crippen molar-refractivity contribution in [2.75, 3.05) is 11.9 Å². The molecule has 0 aliphatic heterocycles. The first-order valence-corrected chi connectivity index (χ1v) is 9.73. The van der Waals surface area contributed by atoms with Gasteiger partial charge in [0.2, 0.25) is 0 Å². The number of carbonyl (C=O) groups excluding carboxylic acids is 2. The molecule has 2 aromatic rings. The van der Waals surface area contributed by atoms with Crippen LogP contribution in [0.5, 0.6) is 0 Å². The molecule has 0 radical (unpaired) electrons. The van der Waals surface area contributed by atoms with Gasteiger partial charge in [0.15, 0.2) is 6.61 Å². The average Bonchev–Trinajstić information content (AvgIpc) is 2.94. The van der Waals surface area contributed by atoms with Crippen LogP contribution in [0.4, 0.5) is 5.69 Å². The molecule has 152 valence electrons. The quantitative estimate of drug-likeness (QED) is 0.381. The van der Waals surface area contributed by atoms with E-state index in [0.29, 0.717) is 15.7 Å². The van der Waals surface area contributed by atoms with Crippen LogP contribution in [0.15, 0.2) is 29.8 Å². The van der Waals surface area contributed by atoms with E-state index in [1.54, 1.807) is 6.07 Å². The fourth-order valence-electron chi connectivity index (χ4n) is 2.82. The van der Waals surface area contributed by atoms with Gasteiger partial charge in [-0.15, -0.1) is 0 Å². The third kappa shape index (κ3) is 5.86. The number of anilines is 1. The number of carbonyl (C=O) groups is 2. The zero-order chi connectivity index (χ0) is 21.6. The lowest BCUT2D eigenvalue weighted by molar-refractivity contribution is -0.142. The summed E-state index contributed by atoms with van der Waals surface area (Å²) in [6.07, 6.45) is 2.45. The third-order valence-electron chi connectivity index (χ3n) is 4.24. The van der Waals surface area contributed by atoms with Crippen LogP contribution in [0.2, 0.25) is 10.0 Å². The van der Waals surface area contributed by atoms with Crippen molar-refractivity contribution in [1.82, 2.24) is 4.57 Å². The number of ether oxygens (including phenoxy) is 1. The molecule has 0 unspecified atom stereocenters. The second-order valence-electron chi connectivity index (χ2n) is 6.40. The maximum absolute atomic E-state index is 12.2. The molecule has 8 heteroatoms. The van der Waals surface area contributed by atoms with Gasteiger partial charge in [-0.1, -0.05) is 30.1 Å². The summed E-state index contributed by atoms with van der Waals surface area (Å²) in [5, 5.41) is 12.5. The summed E-state index contributed by atoms with van der Waals surface area (Å²) >= 11 is 11.9. The van der Waals surface area contributed by atoms with Gasteiger partial charge in [0, 0.05) is 23.0 Å². The van der Waals surface area contributed by atoms with Crippen LogP contribution in [-0.2, 0) is 20.9 Å². The summed E-state index contributed by atoms with van der Waals surface area (Å²) in [5.74, 6) is -1.47. The van der Waals surface area contributed by atoms with Crippen molar-refractivity contribution in [1.29, 1.82) is 5.26 Å². The lowest BCUT2D eigenvalue weighted by Crippen LogP contribution is -2.21. The van der Waals surface area contributed by atoms with Crippen molar-refractivity contribution in [2.45, 2.75) is 33.7 Å². The third-order valence-corrected chi connectivity index (χ3v) is 4.80. The number of hydrogen-bond acceptors (Lipinski definition) is 4. The fourth-order valence-corrected chi connectivity index (χ4v) is 3.16. The summed E-state index contributed by atoms with van der Waals surface area (Å²) in [5.41, 5.74) is 2.88. The molecule has 0 spiro atoms. The monoisotopic (exact) mass is 433 g/mol. The van der Waals surface area contributed by atoms with E-state index < -0.39 is 18.5 Å². The molecule has 0 aliphatic carbocycles. The normalized spacial score (nSPS) is 11.1. The molecule has 0 atom stereocenters. The summed E-state index contributed by atoms with van der Waals surface area (Å²) in [6, 6.07) is 8.35. The van der Waals surface area contributed by atoms with Gasteiger partial charge in [0.25, 0.3) is 5.91 Å². The molecule has 1 N–H and O–H groups in total. The van der Waals surface area contributed by atoms with E-state index in [0.717, 1.165) is 29.9 Å². The first-order valence-electron chi connectivity index (χ1n) is 8.97. The van der Waals surface area contributed by atoms with Crippen LogP contribution in [0, 0.1) is 25.2 Å². The van der Waals surface area contributed by atoms with Crippen molar-refractivity contribution in [3.05, 3.63) is 56.8 Å². The van der Waals surface area contributed by atoms with E-state index in [1.807, 2.05) is 26.0 Å². The van der Waals surface area contributed by atoms with Gasteiger partial charge in [-0.25, -0.2) is 4.79 Å². The van der Waals surface area contributed by atoms with Gasteiger partial charge in [0.1, 0.15) is 11.6 Å². The summed E-state index contributed by atoms with van der Waals surface area (Å²) in [7, 11) is 0. The number of hydrogen-bond donors (Lipinski definition) is 1. The lowest BCUT2D eigenvalue weighted by atomic mass is 10.1. The van der Waals surface area contributed by atoms with Gasteiger partial charge in [0.05, 0.1) is 10.7 Å². The van der Waals surface area contributed by atoms with Crippen LogP contribution in [0.25, 0.3) is 6.08 Å². The Morgan fingerprint density at radius 2 is 2.00 bits per heavy atom. The number of halogens is 2. The number of rotatable bonds is 7. The van der Waals surface area contributed by atoms with E-state index >= 15 is 0 Å². The Kier molecular flexibility index (Phi) is 7.89. The molecule has 0 fully saturated rings. The van der Waals surface area contributed by atoms with Crippen molar-refractivity contribution < 1.29 is 14.3 Å². The van der Waals surface area contributed by atoms with Gasteiger partial charge in [-0.3, -0.25) is 4.79 Å². The molecule has 1 heterocycles. The standard InChI is InChI=1S/C21H21Cl2N3O3/c1-4-7-26-13(2)8-15(14(26)3)9-16(11-24)21(28)29-12-20(27)25-19-10-17(22)5-6-18(19)23/h5-6,8-10H,4,7,12H2,1-3H3,(H,25,27). The zero-order valence-electron chi connectivity index (χ0n) is 16.4. The molecule has 2 rings (SSSR count). The van der Waals surface area contributed by atoms with Crippen LogP contribution in [0.3, 0.4) is 0 Å². The van der Waals surface area contributed by atoms with Crippen LogP contribution < -0.4 is 5.32 Å². The first kappa shape index (κ1) is 22.5. The van der Waals surface area contributed by atoms with Gasteiger partial charge < -0.3 is 14.6 Å². The second kappa shape index (κ2) is 10.1. The number of aryl methyl sites for hydroxylation is 1. The second-order valence-corrected chi connectivity index (χ2v) is 7.24. The Bertz CT molecular complexity index is 1000. The first-order chi connectivity index (χ1) is 13.8. The number of amides is 1. The SMILES string of the molecule is CCCn1c(C)cc(C=C(C#N)C(=O)OCC(=O)Nc2cc(Cl)ccc2Cl)c1C. The maximum Gasteiger partial charge on any atom is 0.349 e. The molecule has 0 saturated carbocycles. The van der Waals surface area contributed by atoms with Crippen LogP contribution >= 0.6 is 23.2 Å². The number of nitrogens with zero attached hydrogens (tertiary/aromatic N) is 2. The molecule has 1 aromatic carbocycles. The number of benzene rings is 1. The highest BCUT2D eigenvalue weighted by molar-refractivity contribution is 6.35. The lowest BCUT2D eigenvalue weighted by Gasteiger charge is -2.08. The number of aromatic nitrogens is 1. The highest BCUT2D eigenvalue weighted by atomic mass is 35.5. The van der Waals surface area contributed by atoms with E-state index in [4.69, 9.17) is 27.9 Å². The minimum Gasteiger partial charge on any atom is -0.451 e. The molecule has 29 heavy (non-hydrogen) atoms. The topological polar surface area (TPSA) is 84.1 Å². The highest BCUT2D eigenvalue weighted by Crippen LogP contribution is 2.25. The largest absolute Gasteiger partial charge is 0.451 e. The van der Waals surface area contributed by atoms with Crippen molar-refractivity contribution in [2.24, 2.45) is 0 Å². The van der Waals surface area contributed by atoms with Crippen LogP contribution in [0.1, 0.15) is 30.3 Å². The Labute approximate surface area is 179 Å². The molecule has 0 saturated heterocycles. The summed E-state index contributed by atoms with van der Waals surface area (Å²) in [6.45, 7) is 6.26. The molecule has 1 amide bonds. The van der Waals surface area contributed by atoms with Crippen LogP contribution in [-0.4, -0.2) is 23.1 Å². The Morgan fingerprint density at radius 1 is 1.28 bits per heavy atom. The molecular weight excluding hydrogens is 413 g/mol.